The highest BCUT2D eigenvalue weighted by molar-refractivity contribution is 6.39. The number of carbonyl (C=O) groups excluding carboxylic acids is 2. The number of rotatable bonds is 4. The zero-order chi connectivity index (χ0) is 19.7. The van der Waals surface area contributed by atoms with Gasteiger partial charge in [0.1, 0.15) is 12.3 Å². The Hall–Kier alpha value is -3.36. The van der Waals surface area contributed by atoms with Gasteiger partial charge in [-0.15, -0.1) is 12.4 Å². The summed E-state index contributed by atoms with van der Waals surface area (Å²) in [7, 11) is 1.32. The molecule has 150 valence electrons. The fourth-order valence-corrected chi connectivity index (χ4v) is 3.23. The number of hydrogen-bond donors (Lipinski definition) is 3. The quantitative estimate of drug-likeness (QED) is 0.306. The first-order valence-electron chi connectivity index (χ1n) is 8.69. The highest BCUT2D eigenvalue weighted by atomic mass is 35.5. The first-order chi connectivity index (χ1) is 13.6. The Morgan fingerprint density at radius 3 is 2.62 bits per heavy atom. The molecule has 4 rings (SSSR count). The summed E-state index contributed by atoms with van der Waals surface area (Å²) in [5, 5.41) is 10.3. The highest BCUT2D eigenvalue weighted by Gasteiger charge is 2.34. The van der Waals surface area contributed by atoms with Gasteiger partial charge in [0.05, 0.1) is 23.9 Å². The number of nitrogens with two attached hydrogens (primary N) is 1. The summed E-state index contributed by atoms with van der Waals surface area (Å²) in [5.41, 5.74) is 10.1. The van der Waals surface area contributed by atoms with Crippen molar-refractivity contribution in [1.82, 2.24) is 0 Å². The second-order valence-corrected chi connectivity index (χ2v) is 6.19. The maximum absolute atomic E-state index is 12.7. The maximum Gasteiger partial charge on any atom is 0.337 e. The molecule has 2 heterocycles. The largest absolute Gasteiger partial charge is 0.465 e. The minimum atomic E-state index is -0.463. The fraction of sp³-hybridized carbons (Fsp3) is 0.150. The van der Waals surface area contributed by atoms with E-state index >= 15 is 0 Å². The van der Waals surface area contributed by atoms with Crippen LogP contribution in [0.4, 0.5) is 11.4 Å². The number of ether oxygens (including phenoxy) is 1. The molecular formula is C20H19ClN4O4. The smallest absolute Gasteiger partial charge is 0.337 e. The van der Waals surface area contributed by atoms with Gasteiger partial charge < -0.3 is 25.9 Å². The minimum absolute atomic E-state index is 0. The lowest BCUT2D eigenvalue weighted by molar-refractivity contribution is -0.110. The summed E-state index contributed by atoms with van der Waals surface area (Å²) in [6.07, 6.45) is 0. The summed E-state index contributed by atoms with van der Waals surface area (Å²) < 4.78 is 4.80. The van der Waals surface area contributed by atoms with Crippen LogP contribution in [0.1, 0.15) is 21.5 Å². The van der Waals surface area contributed by atoms with Crippen molar-refractivity contribution in [2.45, 2.75) is 0 Å². The zero-order valence-corrected chi connectivity index (χ0v) is 16.3. The second-order valence-electron chi connectivity index (χ2n) is 6.19. The van der Waals surface area contributed by atoms with Gasteiger partial charge in [0.2, 0.25) is 0 Å². The van der Waals surface area contributed by atoms with Crippen molar-refractivity contribution in [2.24, 2.45) is 10.9 Å². The third kappa shape index (κ3) is 3.55. The van der Waals surface area contributed by atoms with Crippen LogP contribution in [0, 0.1) is 0 Å². The Labute approximate surface area is 173 Å². The number of hydrogen-bond acceptors (Lipinski definition) is 7. The van der Waals surface area contributed by atoms with Gasteiger partial charge in [-0.3, -0.25) is 4.79 Å². The van der Waals surface area contributed by atoms with E-state index in [4.69, 9.17) is 15.3 Å². The normalized spacial score (nSPS) is 17.7. The molecule has 0 aliphatic carbocycles. The average Bonchev–Trinajstić information content (AvgIpc) is 3.23. The lowest BCUT2D eigenvalue weighted by atomic mass is 10.0. The number of anilines is 2. The van der Waals surface area contributed by atoms with Gasteiger partial charge in [0.25, 0.3) is 5.91 Å². The van der Waals surface area contributed by atoms with Crippen molar-refractivity contribution in [3.63, 3.8) is 0 Å². The first-order valence-corrected chi connectivity index (χ1v) is 8.69. The van der Waals surface area contributed by atoms with Crippen LogP contribution in [-0.4, -0.2) is 37.8 Å². The van der Waals surface area contributed by atoms with E-state index in [2.05, 4.69) is 15.8 Å². The van der Waals surface area contributed by atoms with E-state index < -0.39 is 5.97 Å². The predicted molar refractivity (Wildman–Crippen MR) is 112 cm³/mol. The number of para-hydroxylation sites is 1. The molecule has 2 aromatic rings. The lowest BCUT2D eigenvalue weighted by Gasteiger charge is -2.06. The standard InChI is InChI=1S/C20H18N4O4.ClH/c1-27-20(26)11-6-7-15-13(10-11)17(24-28-9-8-21)18(22-15)16-12-4-2-3-5-14(12)23-19(16)25;/h2-7,10,22H,8-9,21H2,1H3,(H,23,25);1H/b18-16-,24-17+;. The summed E-state index contributed by atoms with van der Waals surface area (Å²) in [6, 6.07) is 12.5. The number of benzene rings is 2. The molecule has 9 heteroatoms. The third-order valence-corrected chi connectivity index (χ3v) is 4.48. The number of nitrogens with zero attached hydrogens (tertiary/aromatic N) is 1. The van der Waals surface area contributed by atoms with Gasteiger partial charge >= 0.3 is 5.97 Å². The molecule has 0 spiro atoms. The predicted octanol–water partition coefficient (Wildman–Crippen LogP) is 2.36. The molecule has 0 aromatic heterocycles. The second kappa shape index (κ2) is 8.34. The Morgan fingerprint density at radius 2 is 1.86 bits per heavy atom. The van der Waals surface area contributed by atoms with Crippen molar-refractivity contribution >= 4 is 46.9 Å². The Balaban J connectivity index is 0.00000240. The van der Waals surface area contributed by atoms with Crippen molar-refractivity contribution in [3.8, 4) is 0 Å². The Bertz CT molecular complexity index is 1050. The van der Waals surface area contributed by atoms with Crippen molar-refractivity contribution in [2.75, 3.05) is 30.9 Å². The number of oxime groups is 1. The van der Waals surface area contributed by atoms with E-state index in [1.807, 2.05) is 24.3 Å². The molecule has 29 heavy (non-hydrogen) atoms. The number of nitrogens with one attached hydrogen (secondary N) is 2. The van der Waals surface area contributed by atoms with E-state index in [0.717, 1.165) is 11.3 Å². The monoisotopic (exact) mass is 414 g/mol. The van der Waals surface area contributed by atoms with E-state index in [-0.39, 0.29) is 24.9 Å². The summed E-state index contributed by atoms with van der Waals surface area (Å²) >= 11 is 0. The Morgan fingerprint density at radius 1 is 1.10 bits per heavy atom. The maximum atomic E-state index is 12.7. The van der Waals surface area contributed by atoms with Crippen LogP contribution < -0.4 is 16.4 Å². The van der Waals surface area contributed by atoms with E-state index in [1.54, 1.807) is 18.2 Å². The van der Waals surface area contributed by atoms with Gasteiger partial charge in [-0.1, -0.05) is 23.4 Å². The van der Waals surface area contributed by atoms with Gasteiger partial charge in [-0.2, -0.15) is 0 Å². The SMILES string of the molecule is COC(=O)c1ccc2c(c1)C(=N\OCCN)/C(=C1/C(=O)Nc3ccccc31)N2.Cl. The molecule has 0 bridgehead atoms. The lowest BCUT2D eigenvalue weighted by Crippen LogP contribution is -2.14. The highest BCUT2D eigenvalue weighted by Crippen LogP contribution is 2.39. The molecule has 2 aromatic carbocycles. The van der Waals surface area contributed by atoms with Crippen LogP contribution in [0.3, 0.4) is 0 Å². The molecule has 0 atom stereocenters. The Kier molecular flexibility index (Phi) is 5.86. The van der Waals surface area contributed by atoms with Crippen LogP contribution in [-0.2, 0) is 14.4 Å². The topological polar surface area (TPSA) is 115 Å². The van der Waals surface area contributed by atoms with E-state index in [9.17, 15) is 9.59 Å². The summed E-state index contributed by atoms with van der Waals surface area (Å²) in [5.74, 6) is -0.702. The zero-order valence-electron chi connectivity index (χ0n) is 15.5. The number of allylic oxidation sites excluding steroid dienone is 1. The van der Waals surface area contributed by atoms with Crippen LogP contribution in [0.25, 0.3) is 5.57 Å². The molecule has 1 amide bonds. The first kappa shape index (κ1) is 20.4. The fourth-order valence-electron chi connectivity index (χ4n) is 3.23. The van der Waals surface area contributed by atoms with Crippen LogP contribution in [0.5, 0.6) is 0 Å². The van der Waals surface area contributed by atoms with Gasteiger partial charge in [-0.05, 0) is 24.3 Å². The summed E-state index contributed by atoms with van der Waals surface area (Å²) in [6.45, 7) is 0.523. The van der Waals surface area contributed by atoms with Crippen LogP contribution in [0.2, 0.25) is 0 Å². The number of fused-ring (bicyclic) bond motifs is 2. The number of amides is 1. The van der Waals surface area contributed by atoms with Gasteiger partial charge in [0.15, 0.2) is 0 Å². The number of methoxy groups -OCH3 is 1. The van der Waals surface area contributed by atoms with Crippen molar-refractivity contribution in [1.29, 1.82) is 0 Å². The molecule has 0 radical (unpaired) electrons. The number of esters is 1. The molecule has 0 saturated carbocycles. The summed E-state index contributed by atoms with van der Waals surface area (Å²) in [4.78, 5) is 29.9. The third-order valence-electron chi connectivity index (χ3n) is 4.48. The van der Waals surface area contributed by atoms with Crippen LogP contribution in [0.15, 0.2) is 53.3 Å². The van der Waals surface area contributed by atoms with E-state index in [0.29, 0.717) is 40.3 Å². The molecule has 0 fully saturated rings. The molecular weight excluding hydrogens is 396 g/mol. The molecule has 2 aliphatic rings. The number of halogens is 1. The number of carbonyl (C=O) groups is 2. The van der Waals surface area contributed by atoms with Crippen molar-refractivity contribution in [3.05, 3.63) is 64.9 Å². The molecule has 0 saturated heterocycles. The van der Waals surface area contributed by atoms with Gasteiger partial charge in [0, 0.05) is 29.0 Å². The van der Waals surface area contributed by atoms with Crippen LogP contribution >= 0.6 is 12.4 Å². The van der Waals surface area contributed by atoms with Crippen molar-refractivity contribution < 1.29 is 19.2 Å². The molecule has 0 unspecified atom stereocenters. The average molecular weight is 415 g/mol. The van der Waals surface area contributed by atoms with Gasteiger partial charge in [-0.25, -0.2) is 4.79 Å². The molecule has 2 aliphatic heterocycles. The molecule has 4 N–H and O–H groups in total. The van der Waals surface area contributed by atoms with E-state index in [1.165, 1.54) is 7.11 Å². The minimum Gasteiger partial charge on any atom is -0.465 e. The molecule has 8 nitrogen and oxygen atoms in total.